The molecule has 0 radical (unpaired) electrons. The fourth-order valence-electron chi connectivity index (χ4n) is 1.87. The van der Waals surface area contributed by atoms with Crippen LogP contribution in [0.15, 0.2) is 12.3 Å². The molecule has 1 aromatic rings. The lowest BCUT2D eigenvalue weighted by Gasteiger charge is -2.32. The summed E-state index contributed by atoms with van der Waals surface area (Å²) < 4.78 is 12.0. The Morgan fingerprint density at radius 1 is 1.06 bits per heavy atom. The molecule has 4 heteroatoms. The van der Waals surface area contributed by atoms with Crippen LogP contribution < -0.4 is 5.46 Å². The SMILES string of the molecule is Cc1cnc(C)c(B2OC(C)(C)C(C)(C)O2)c1. The van der Waals surface area contributed by atoms with E-state index in [9.17, 15) is 0 Å². The second-order valence-corrected chi connectivity index (χ2v) is 5.78. The first-order valence-electron chi connectivity index (χ1n) is 6.02. The minimum atomic E-state index is -0.313. The van der Waals surface area contributed by atoms with Gasteiger partial charge in [0, 0.05) is 17.4 Å². The first-order valence-corrected chi connectivity index (χ1v) is 6.02. The third-order valence-corrected chi connectivity index (χ3v) is 3.77. The van der Waals surface area contributed by atoms with Gasteiger partial charge in [-0.2, -0.15) is 0 Å². The molecule has 1 aliphatic heterocycles. The van der Waals surface area contributed by atoms with Crippen LogP contribution in [0, 0.1) is 13.8 Å². The number of rotatable bonds is 1. The number of nitrogens with zero attached hydrogens (tertiary/aromatic N) is 1. The maximum atomic E-state index is 6.02. The van der Waals surface area contributed by atoms with Crippen molar-refractivity contribution in [1.29, 1.82) is 0 Å². The van der Waals surface area contributed by atoms with Gasteiger partial charge in [-0.05, 0) is 47.1 Å². The van der Waals surface area contributed by atoms with Crippen LogP contribution in [-0.2, 0) is 9.31 Å². The van der Waals surface area contributed by atoms with Gasteiger partial charge in [0.2, 0.25) is 0 Å². The lowest BCUT2D eigenvalue weighted by molar-refractivity contribution is 0.00578. The summed E-state index contributed by atoms with van der Waals surface area (Å²) in [5.74, 6) is 0. The predicted octanol–water partition coefficient (Wildman–Crippen LogP) is 2.00. The molecule has 2 heterocycles. The largest absolute Gasteiger partial charge is 0.496 e. The minimum absolute atomic E-state index is 0.298. The first-order chi connectivity index (χ1) is 7.73. The summed E-state index contributed by atoms with van der Waals surface area (Å²) in [6, 6.07) is 2.09. The highest BCUT2D eigenvalue weighted by molar-refractivity contribution is 6.62. The molecule has 0 atom stereocenters. The van der Waals surface area contributed by atoms with E-state index < -0.39 is 0 Å². The van der Waals surface area contributed by atoms with Crippen molar-refractivity contribution in [3.8, 4) is 0 Å². The van der Waals surface area contributed by atoms with Crippen LogP contribution >= 0.6 is 0 Å². The lowest BCUT2D eigenvalue weighted by atomic mass is 9.77. The summed E-state index contributed by atoms with van der Waals surface area (Å²) in [5, 5.41) is 0. The summed E-state index contributed by atoms with van der Waals surface area (Å²) in [5.41, 5.74) is 2.53. The van der Waals surface area contributed by atoms with Gasteiger partial charge in [-0.25, -0.2) is 0 Å². The molecule has 0 saturated carbocycles. The molecule has 0 amide bonds. The van der Waals surface area contributed by atoms with Gasteiger partial charge >= 0.3 is 7.12 Å². The third-order valence-electron chi connectivity index (χ3n) is 3.77. The van der Waals surface area contributed by atoms with Gasteiger partial charge in [0.15, 0.2) is 0 Å². The van der Waals surface area contributed by atoms with E-state index in [-0.39, 0.29) is 18.3 Å². The second kappa shape index (κ2) is 3.82. The monoisotopic (exact) mass is 233 g/mol. The molecule has 1 aromatic heterocycles. The van der Waals surface area contributed by atoms with E-state index in [0.29, 0.717) is 0 Å². The standard InChI is InChI=1S/C13H20BNO2/c1-9-7-11(10(2)15-8-9)14-16-12(3,4)13(5,6)17-14/h7-8H,1-6H3. The van der Waals surface area contributed by atoms with E-state index >= 15 is 0 Å². The highest BCUT2D eigenvalue weighted by atomic mass is 16.7. The van der Waals surface area contributed by atoms with Crippen LogP contribution in [0.3, 0.4) is 0 Å². The molecule has 1 saturated heterocycles. The summed E-state index contributed by atoms with van der Waals surface area (Å²) in [4.78, 5) is 4.36. The molecule has 2 rings (SSSR count). The van der Waals surface area contributed by atoms with Crippen molar-refractivity contribution in [3.05, 3.63) is 23.5 Å². The Balaban J connectivity index is 2.35. The second-order valence-electron chi connectivity index (χ2n) is 5.78. The van der Waals surface area contributed by atoms with Crippen molar-refractivity contribution in [2.24, 2.45) is 0 Å². The maximum Gasteiger partial charge on any atom is 0.496 e. The molecular formula is C13H20BNO2. The molecule has 3 nitrogen and oxygen atoms in total. The van der Waals surface area contributed by atoms with Crippen LogP contribution in [0.2, 0.25) is 0 Å². The molecule has 0 aliphatic carbocycles. The fraction of sp³-hybridized carbons (Fsp3) is 0.615. The summed E-state index contributed by atoms with van der Waals surface area (Å²) in [6.45, 7) is 12.3. The van der Waals surface area contributed by atoms with E-state index in [0.717, 1.165) is 16.7 Å². The van der Waals surface area contributed by atoms with Gasteiger partial charge in [-0.1, -0.05) is 6.07 Å². The number of pyridine rings is 1. The van der Waals surface area contributed by atoms with Gasteiger partial charge in [0.05, 0.1) is 11.2 Å². The average Bonchev–Trinajstić information content (AvgIpc) is 2.40. The van der Waals surface area contributed by atoms with Crippen molar-refractivity contribution in [1.82, 2.24) is 4.98 Å². The number of hydrogen-bond acceptors (Lipinski definition) is 3. The minimum Gasteiger partial charge on any atom is -0.399 e. The Morgan fingerprint density at radius 3 is 2.12 bits per heavy atom. The van der Waals surface area contributed by atoms with Crippen molar-refractivity contribution >= 4 is 12.6 Å². The van der Waals surface area contributed by atoms with Gasteiger partial charge in [0.25, 0.3) is 0 Å². The lowest BCUT2D eigenvalue weighted by Crippen LogP contribution is -2.41. The summed E-state index contributed by atoms with van der Waals surface area (Å²) in [7, 11) is -0.313. The molecule has 0 spiro atoms. The molecule has 1 fully saturated rings. The summed E-state index contributed by atoms with van der Waals surface area (Å²) >= 11 is 0. The zero-order chi connectivity index (χ0) is 12.8. The normalized spacial score (nSPS) is 21.9. The Morgan fingerprint density at radius 2 is 1.59 bits per heavy atom. The molecule has 17 heavy (non-hydrogen) atoms. The van der Waals surface area contributed by atoms with E-state index in [1.807, 2.05) is 20.0 Å². The zero-order valence-corrected chi connectivity index (χ0v) is 11.5. The van der Waals surface area contributed by atoms with Crippen LogP contribution in [0.1, 0.15) is 39.0 Å². The highest BCUT2D eigenvalue weighted by Gasteiger charge is 2.52. The zero-order valence-electron chi connectivity index (χ0n) is 11.5. The van der Waals surface area contributed by atoms with Crippen molar-refractivity contribution < 1.29 is 9.31 Å². The Bertz CT molecular complexity index is 427. The van der Waals surface area contributed by atoms with Gasteiger partial charge in [0.1, 0.15) is 0 Å². The first kappa shape index (κ1) is 12.6. The highest BCUT2D eigenvalue weighted by Crippen LogP contribution is 2.36. The van der Waals surface area contributed by atoms with Crippen molar-refractivity contribution in [2.75, 3.05) is 0 Å². The average molecular weight is 233 g/mol. The molecule has 0 N–H and O–H groups in total. The van der Waals surface area contributed by atoms with Gasteiger partial charge < -0.3 is 9.31 Å². The molecule has 92 valence electrons. The van der Waals surface area contributed by atoms with Crippen LogP contribution in [-0.4, -0.2) is 23.3 Å². The number of hydrogen-bond donors (Lipinski definition) is 0. The van der Waals surface area contributed by atoms with E-state index in [2.05, 4.69) is 38.7 Å². The number of aryl methyl sites for hydroxylation is 2. The van der Waals surface area contributed by atoms with E-state index in [4.69, 9.17) is 9.31 Å². The Labute approximate surface area is 104 Å². The van der Waals surface area contributed by atoms with Gasteiger partial charge in [-0.15, -0.1) is 0 Å². The van der Waals surface area contributed by atoms with Crippen LogP contribution in [0.25, 0.3) is 0 Å². The predicted molar refractivity (Wildman–Crippen MR) is 69.4 cm³/mol. The fourth-order valence-corrected chi connectivity index (χ4v) is 1.87. The number of aromatic nitrogens is 1. The molecule has 0 bridgehead atoms. The molecule has 0 unspecified atom stereocenters. The molecular weight excluding hydrogens is 213 g/mol. The summed E-state index contributed by atoms with van der Waals surface area (Å²) in [6.07, 6.45) is 1.87. The molecule has 0 aromatic carbocycles. The maximum absolute atomic E-state index is 6.02. The smallest absolute Gasteiger partial charge is 0.399 e. The Kier molecular flexibility index (Phi) is 2.83. The topological polar surface area (TPSA) is 31.4 Å². The van der Waals surface area contributed by atoms with E-state index in [1.165, 1.54) is 0 Å². The quantitative estimate of drug-likeness (QED) is 0.695. The van der Waals surface area contributed by atoms with Gasteiger partial charge in [-0.3, -0.25) is 4.98 Å². The van der Waals surface area contributed by atoms with Crippen molar-refractivity contribution in [3.63, 3.8) is 0 Å². The van der Waals surface area contributed by atoms with Crippen molar-refractivity contribution in [2.45, 2.75) is 52.7 Å². The Hall–Kier alpha value is -0.865. The van der Waals surface area contributed by atoms with Crippen LogP contribution in [0.4, 0.5) is 0 Å². The van der Waals surface area contributed by atoms with Crippen LogP contribution in [0.5, 0.6) is 0 Å². The molecule has 1 aliphatic rings. The third kappa shape index (κ3) is 2.12. The van der Waals surface area contributed by atoms with E-state index in [1.54, 1.807) is 0 Å².